The maximum Gasteiger partial charge on any atom is 0.260 e. The van der Waals surface area contributed by atoms with E-state index in [0.29, 0.717) is 12.8 Å². The minimum Gasteiger partial charge on any atom is -0.288 e. The van der Waals surface area contributed by atoms with E-state index >= 15 is 0 Å². The number of hydrogen-bond donors (Lipinski definition) is 0. The molecule has 0 fully saturated rings. The van der Waals surface area contributed by atoms with Crippen LogP contribution in [0.4, 0.5) is 8.78 Å². The molecule has 0 amide bonds. The first kappa shape index (κ1) is 9.36. The fourth-order valence-electron chi connectivity index (χ4n) is 1.18. The maximum atomic E-state index is 12.2. The third-order valence-corrected chi connectivity index (χ3v) is 1.96. The largest absolute Gasteiger partial charge is 0.288 e. The van der Waals surface area contributed by atoms with Crippen LogP contribution in [-0.2, 0) is 0 Å². The first-order chi connectivity index (χ1) is 5.70. The molecule has 0 radical (unpaired) electrons. The fraction of sp³-hybridized carbons (Fsp3) is 0.667. The van der Waals surface area contributed by atoms with Crippen molar-refractivity contribution in [3.63, 3.8) is 0 Å². The minimum atomic E-state index is -2.31. The lowest BCUT2D eigenvalue weighted by Gasteiger charge is -2.12. The Labute approximate surface area is 71.2 Å². The lowest BCUT2D eigenvalue weighted by atomic mass is 10.1. The van der Waals surface area contributed by atoms with E-state index in [2.05, 4.69) is 4.99 Å². The number of hydrogen-bond acceptors (Lipinski definition) is 1. The zero-order valence-electron chi connectivity index (χ0n) is 7.13. The van der Waals surface area contributed by atoms with Crippen molar-refractivity contribution in [1.82, 2.24) is 0 Å². The maximum absolute atomic E-state index is 12.2. The molecule has 68 valence electrons. The number of nitrogens with zero attached hydrogens (tertiary/aromatic N) is 1. The molecule has 0 aromatic heterocycles. The van der Waals surface area contributed by atoms with Gasteiger partial charge in [-0.3, -0.25) is 4.99 Å². The molecule has 0 aliphatic carbocycles. The van der Waals surface area contributed by atoms with Crippen LogP contribution >= 0.6 is 0 Å². The van der Waals surface area contributed by atoms with Crippen molar-refractivity contribution in [3.05, 3.63) is 11.6 Å². The normalized spacial score (nSPS) is 29.3. The summed E-state index contributed by atoms with van der Waals surface area (Å²) in [5.74, 6) is 0. The second-order valence-electron chi connectivity index (χ2n) is 3.07. The van der Waals surface area contributed by atoms with Gasteiger partial charge in [-0.25, -0.2) is 8.78 Å². The van der Waals surface area contributed by atoms with Gasteiger partial charge in [0.1, 0.15) is 6.04 Å². The highest BCUT2D eigenvalue weighted by molar-refractivity contribution is 5.61. The molecule has 12 heavy (non-hydrogen) atoms. The van der Waals surface area contributed by atoms with Crippen LogP contribution in [0.3, 0.4) is 0 Å². The molecule has 1 aliphatic rings. The lowest BCUT2D eigenvalue weighted by Crippen LogP contribution is -2.16. The molecule has 0 N–H and O–H groups in total. The molecular weight excluding hydrogens is 160 g/mol. The fourth-order valence-corrected chi connectivity index (χ4v) is 1.18. The van der Waals surface area contributed by atoms with Crippen LogP contribution in [0, 0.1) is 0 Å². The molecule has 0 saturated carbocycles. The van der Waals surface area contributed by atoms with Gasteiger partial charge in [0, 0.05) is 12.6 Å². The van der Waals surface area contributed by atoms with E-state index in [1.54, 1.807) is 6.21 Å². The molecule has 3 heteroatoms. The minimum absolute atomic E-state index is 0.464. The Bertz CT molecular complexity index is 197. The zero-order valence-corrected chi connectivity index (χ0v) is 7.13. The molecular formula is C9H13F2N. The number of halogens is 2. The molecule has 0 bridgehead atoms. The van der Waals surface area contributed by atoms with Crippen LogP contribution in [0.1, 0.15) is 26.2 Å². The van der Waals surface area contributed by atoms with Crippen molar-refractivity contribution >= 4 is 6.21 Å². The highest BCUT2D eigenvalue weighted by Gasteiger charge is 2.18. The van der Waals surface area contributed by atoms with Crippen molar-refractivity contribution in [2.24, 2.45) is 4.99 Å². The van der Waals surface area contributed by atoms with Gasteiger partial charge >= 0.3 is 0 Å². The van der Waals surface area contributed by atoms with Crippen molar-refractivity contribution in [2.45, 2.75) is 38.7 Å². The van der Waals surface area contributed by atoms with Crippen LogP contribution in [-0.4, -0.2) is 18.7 Å². The van der Waals surface area contributed by atoms with Crippen molar-refractivity contribution in [3.8, 4) is 0 Å². The number of rotatable bonds is 1. The van der Waals surface area contributed by atoms with E-state index in [9.17, 15) is 8.78 Å². The Kier molecular flexibility index (Phi) is 3.38. The Morgan fingerprint density at radius 1 is 1.58 bits per heavy atom. The van der Waals surface area contributed by atoms with E-state index < -0.39 is 12.5 Å². The summed E-state index contributed by atoms with van der Waals surface area (Å²) in [6, 6.07) is -0.783. The van der Waals surface area contributed by atoms with Gasteiger partial charge < -0.3 is 0 Å². The third kappa shape index (κ3) is 2.72. The topological polar surface area (TPSA) is 12.4 Å². The van der Waals surface area contributed by atoms with Crippen molar-refractivity contribution < 1.29 is 8.78 Å². The van der Waals surface area contributed by atoms with Gasteiger partial charge in [0.05, 0.1) is 0 Å². The molecule has 0 spiro atoms. The highest BCUT2D eigenvalue weighted by atomic mass is 19.3. The summed E-state index contributed by atoms with van der Waals surface area (Å²) in [5, 5.41) is 0. The summed E-state index contributed by atoms with van der Waals surface area (Å²) in [4.78, 5) is 3.82. The summed E-state index contributed by atoms with van der Waals surface area (Å²) in [5.41, 5.74) is 1.21. The summed E-state index contributed by atoms with van der Waals surface area (Å²) in [6.45, 7) is 1.99. The van der Waals surface area contributed by atoms with Gasteiger partial charge in [-0.2, -0.15) is 0 Å². The summed E-state index contributed by atoms with van der Waals surface area (Å²) in [7, 11) is 0. The number of alkyl halides is 2. The summed E-state index contributed by atoms with van der Waals surface area (Å²) >= 11 is 0. The van der Waals surface area contributed by atoms with Gasteiger partial charge in [-0.1, -0.05) is 11.6 Å². The second kappa shape index (κ2) is 4.33. The molecule has 1 atom stereocenters. The van der Waals surface area contributed by atoms with E-state index in [-0.39, 0.29) is 0 Å². The Morgan fingerprint density at radius 2 is 2.33 bits per heavy atom. The molecule has 0 saturated heterocycles. The average Bonchev–Trinajstić information content (AvgIpc) is 1.95. The van der Waals surface area contributed by atoms with Gasteiger partial charge in [0.25, 0.3) is 6.43 Å². The predicted molar refractivity (Wildman–Crippen MR) is 45.9 cm³/mol. The standard InChI is InChI=1S/C9H13F2N/c1-7-3-2-4-8(9(10)11)12-6-5-7/h3,6,8-9H,2,4-5H2,1H3/b7-3-,12-6?. The van der Waals surface area contributed by atoms with Crippen LogP contribution in [0.25, 0.3) is 0 Å². The molecule has 1 unspecified atom stereocenters. The van der Waals surface area contributed by atoms with Gasteiger partial charge in [0.2, 0.25) is 0 Å². The van der Waals surface area contributed by atoms with Crippen molar-refractivity contribution in [2.75, 3.05) is 0 Å². The lowest BCUT2D eigenvalue weighted by molar-refractivity contribution is 0.113. The molecule has 0 aromatic carbocycles. The SMILES string of the molecule is C/C1=C/CCC(C(F)F)N=CC1. The smallest absolute Gasteiger partial charge is 0.260 e. The Morgan fingerprint density at radius 3 is 3.00 bits per heavy atom. The van der Waals surface area contributed by atoms with Gasteiger partial charge in [-0.05, 0) is 19.8 Å². The Hall–Kier alpha value is -0.730. The van der Waals surface area contributed by atoms with E-state index in [1.807, 2.05) is 13.0 Å². The first-order valence-electron chi connectivity index (χ1n) is 4.15. The van der Waals surface area contributed by atoms with Crippen LogP contribution in [0.15, 0.2) is 16.6 Å². The van der Waals surface area contributed by atoms with E-state index in [1.165, 1.54) is 5.57 Å². The van der Waals surface area contributed by atoms with Crippen LogP contribution < -0.4 is 0 Å². The second-order valence-corrected chi connectivity index (χ2v) is 3.07. The van der Waals surface area contributed by atoms with Gasteiger partial charge in [0.15, 0.2) is 0 Å². The van der Waals surface area contributed by atoms with E-state index in [4.69, 9.17) is 0 Å². The average molecular weight is 173 g/mol. The Balaban J connectivity index is 2.53. The molecule has 1 aliphatic heterocycles. The number of allylic oxidation sites excluding steroid dienone is 2. The first-order valence-corrected chi connectivity index (χ1v) is 4.15. The summed E-state index contributed by atoms with van der Waals surface area (Å²) < 4.78 is 24.4. The van der Waals surface area contributed by atoms with Crippen molar-refractivity contribution in [1.29, 1.82) is 0 Å². The molecule has 1 nitrogen and oxygen atoms in total. The van der Waals surface area contributed by atoms with Gasteiger partial charge in [-0.15, -0.1) is 0 Å². The molecule has 0 aromatic rings. The zero-order chi connectivity index (χ0) is 8.97. The summed E-state index contributed by atoms with van der Waals surface area (Å²) in [6.07, 6.45) is 3.20. The molecule has 1 rings (SSSR count). The van der Waals surface area contributed by atoms with E-state index in [0.717, 1.165) is 6.42 Å². The van der Waals surface area contributed by atoms with Crippen LogP contribution in [0.5, 0.6) is 0 Å². The highest BCUT2D eigenvalue weighted by Crippen LogP contribution is 2.15. The predicted octanol–water partition coefficient (Wildman–Crippen LogP) is 2.82. The molecule has 1 heterocycles. The van der Waals surface area contributed by atoms with Crippen LogP contribution in [0.2, 0.25) is 0 Å². The monoisotopic (exact) mass is 173 g/mol. The number of aliphatic imine (C=N–C) groups is 1. The third-order valence-electron chi connectivity index (χ3n) is 1.96. The quantitative estimate of drug-likeness (QED) is 0.541.